The lowest BCUT2D eigenvalue weighted by Gasteiger charge is -2.21. The third-order valence-corrected chi connectivity index (χ3v) is 3.17. The van der Waals surface area contributed by atoms with Gasteiger partial charge < -0.3 is 10.5 Å². The predicted molar refractivity (Wildman–Crippen MR) is 82.2 cm³/mol. The highest BCUT2D eigenvalue weighted by atomic mass is 16.5. The van der Waals surface area contributed by atoms with E-state index in [1.165, 1.54) is 0 Å². The van der Waals surface area contributed by atoms with E-state index in [4.69, 9.17) is 16.3 Å². The maximum Gasteiger partial charge on any atom is 0.124 e. The van der Waals surface area contributed by atoms with E-state index in [0.29, 0.717) is 12.3 Å². The molecule has 2 aromatic rings. The Labute approximate surface area is 119 Å². The van der Waals surface area contributed by atoms with Crippen molar-refractivity contribution in [2.45, 2.75) is 19.4 Å². The van der Waals surface area contributed by atoms with Gasteiger partial charge in [-0.05, 0) is 24.1 Å². The third-order valence-electron chi connectivity index (χ3n) is 3.17. The predicted octanol–water partition coefficient (Wildman–Crippen LogP) is 2.61. The average molecular weight is 271 g/mol. The van der Waals surface area contributed by atoms with Crippen LogP contribution in [0.2, 0.25) is 0 Å². The van der Waals surface area contributed by atoms with Crippen molar-refractivity contribution in [2.24, 2.45) is 5.84 Å². The standard InChI is InChI=1S/C16H21N3O/c1-2-11-20-15-10-6-4-8-13(15)16(19-18)12-7-3-5-9-14(12)17/h3-10,16,19H,2,11,17-18H2,1H3. The maximum absolute atomic E-state index is 6.05. The van der Waals surface area contributed by atoms with E-state index in [0.717, 1.165) is 23.3 Å². The molecule has 0 amide bonds. The van der Waals surface area contributed by atoms with Crippen molar-refractivity contribution in [1.82, 2.24) is 5.43 Å². The second-order valence-electron chi connectivity index (χ2n) is 4.61. The minimum absolute atomic E-state index is 0.191. The van der Waals surface area contributed by atoms with E-state index in [1.54, 1.807) is 0 Å². The highest BCUT2D eigenvalue weighted by Crippen LogP contribution is 2.32. The van der Waals surface area contributed by atoms with Crippen molar-refractivity contribution in [3.63, 3.8) is 0 Å². The summed E-state index contributed by atoms with van der Waals surface area (Å²) in [6.45, 7) is 2.76. The molecule has 0 aliphatic heterocycles. The maximum atomic E-state index is 6.05. The molecule has 0 aliphatic carbocycles. The van der Waals surface area contributed by atoms with E-state index in [9.17, 15) is 0 Å². The molecule has 0 fully saturated rings. The van der Waals surface area contributed by atoms with E-state index in [2.05, 4.69) is 12.3 Å². The van der Waals surface area contributed by atoms with Gasteiger partial charge in [-0.15, -0.1) is 0 Å². The number of nitrogen functional groups attached to an aromatic ring is 1. The number of anilines is 1. The van der Waals surface area contributed by atoms with Crippen LogP contribution in [-0.4, -0.2) is 6.61 Å². The minimum atomic E-state index is -0.191. The summed E-state index contributed by atoms with van der Waals surface area (Å²) in [5.74, 6) is 6.58. The van der Waals surface area contributed by atoms with Crippen molar-refractivity contribution in [2.75, 3.05) is 12.3 Å². The van der Waals surface area contributed by atoms with Gasteiger partial charge in [-0.2, -0.15) is 0 Å². The van der Waals surface area contributed by atoms with Crippen LogP contribution >= 0.6 is 0 Å². The lowest BCUT2D eigenvalue weighted by atomic mass is 9.97. The Bertz CT molecular complexity index is 557. The zero-order chi connectivity index (χ0) is 14.4. The molecule has 0 saturated carbocycles. The molecule has 0 bridgehead atoms. The molecule has 2 aromatic carbocycles. The van der Waals surface area contributed by atoms with E-state index >= 15 is 0 Å². The number of ether oxygens (including phenoxy) is 1. The first-order valence-electron chi connectivity index (χ1n) is 6.80. The van der Waals surface area contributed by atoms with E-state index in [-0.39, 0.29) is 6.04 Å². The molecule has 1 atom stereocenters. The number of nitrogens with two attached hydrogens (primary N) is 2. The minimum Gasteiger partial charge on any atom is -0.493 e. The summed E-state index contributed by atoms with van der Waals surface area (Å²) in [4.78, 5) is 0. The van der Waals surface area contributed by atoms with Crippen molar-refractivity contribution in [1.29, 1.82) is 0 Å². The Morgan fingerprint density at radius 3 is 2.35 bits per heavy atom. The van der Waals surface area contributed by atoms with Crippen molar-refractivity contribution in [3.05, 3.63) is 59.7 Å². The second-order valence-corrected chi connectivity index (χ2v) is 4.61. The summed E-state index contributed by atoms with van der Waals surface area (Å²) in [6.07, 6.45) is 0.961. The van der Waals surface area contributed by atoms with Gasteiger partial charge in [0.2, 0.25) is 0 Å². The molecular weight excluding hydrogens is 250 g/mol. The van der Waals surface area contributed by atoms with Crippen molar-refractivity contribution < 1.29 is 4.74 Å². The molecule has 4 heteroatoms. The Morgan fingerprint density at radius 2 is 1.70 bits per heavy atom. The largest absolute Gasteiger partial charge is 0.493 e. The molecule has 5 N–H and O–H groups in total. The molecular formula is C16H21N3O. The molecule has 0 radical (unpaired) electrons. The van der Waals surface area contributed by atoms with E-state index < -0.39 is 0 Å². The number of nitrogens with one attached hydrogen (secondary N) is 1. The van der Waals surface area contributed by atoms with Crippen LogP contribution in [0.4, 0.5) is 5.69 Å². The monoisotopic (exact) mass is 271 g/mol. The lowest BCUT2D eigenvalue weighted by molar-refractivity contribution is 0.312. The molecule has 2 rings (SSSR count). The van der Waals surface area contributed by atoms with Gasteiger partial charge in [-0.25, -0.2) is 5.43 Å². The average Bonchev–Trinajstić information content (AvgIpc) is 2.49. The van der Waals surface area contributed by atoms with Gasteiger partial charge in [0.25, 0.3) is 0 Å². The van der Waals surface area contributed by atoms with Crippen LogP contribution in [0.1, 0.15) is 30.5 Å². The SMILES string of the molecule is CCCOc1ccccc1C(NN)c1ccccc1N. The molecule has 4 nitrogen and oxygen atoms in total. The van der Waals surface area contributed by atoms with Crippen LogP contribution < -0.4 is 21.7 Å². The van der Waals surface area contributed by atoms with Crippen LogP contribution in [0, 0.1) is 0 Å². The van der Waals surface area contributed by atoms with Crippen molar-refractivity contribution in [3.8, 4) is 5.75 Å². The first kappa shape index (κ1) is 14.4. The summed E-state index contributed by atoms with van der Waals surface area (Å²) in [7, 11) is 0. The number of benzene rings is 2. The van der Waals surface area contributed by atoms with Crippen LogP contribution in [0.3, 0.4) is 0 Å². The quantitative estimate of drug-likeness (QED) is 0.429. The Morgan fingerprint density at radius 1 is 1.05 bits per heavy atom. The summed E-state index contributed by atoms with van der Waals surface area (Å²) in [5, 5.41) is 0. The molecule has 1 unspecified atom stereocenters. The van der Waals surface area contributed by atoms with E-state index in [1.807, 2.05) is 48.5 Å². The fourth-order valence-electron chi connectivity index (χ4n) is 2.18. The van der Waals surface area contributed by atoms with Crippen LogP contribution in [0.5, 0.6) is 5.75 Å². The third kappa shape index (κ3) is 3.10. The Balaban J connectivity index is 2.39. The van der Waals surface area contributed by atoms with Gasteiger partial charge in [0.05, 0.1) is 12.6 Å². The zero-order valence-corrected chi connectivity index (χ0v) is 11.7. The Hall–Kier alpha value is -2.04. The summed E-state index contributed by atoms with van der Waals surface area (Å²) in [6, 6.07) is 15.4. The highest BCUT2D eigenvalue weighted by molar-refractivity contribution is 5.53. The van der Waals surface area contributed by atoms with Gasteiger partial charge in [-0.3, -0.25) is 5.84 Å². The molecule has 0 heterocycles. The molecule has 106 valence electrons. The molecule has 0 spiro atoms. The zero-order valence-electron chi connectivity index (χ0n) is 11.7. The highest BCUT2D eigenvalue weighted by Gasteiger charge is 2.18. The summed E-state index contributed by atoms with van der Waals surface area (Å²) >= 11 is 0. The first-order valence-corrected chi connectivity index (χ1v) is 6.80. The summed E-state index contributed by atoms with van der Waals surface area (Å²) < 4.78 is 5.79. The van der Waals surface area contributed by atoms with Crippen molar-refractivity contribution >= 4 is 5.69 Å². The molecule has 0 saturated heterocycles. The normalized spacial score (nSPS) is 12.1. The number of hydrogen-bond donors (Lipinski definition) is 3. The van der Waals surface area contributed by atoms with Gasteiger partial charge in [0.15, 0.2) is 0 Å². The Kier molecular flexibility index (Phi) is 4.98. The van der Waals surface area contributed by atoms with Gasteiger partial charge in [0, 0.05) is 11.3 Å². The second kappa shape index (κ2) is 6.93. The fraction of sp³-hybridized carbons (Fsp3) is 0.250. The van der Waals surface area contributed by atoms with Crippen LogP contribution in [-0.2, 0) is 0 Å². The lowest BCUT2D eigenvalue weighted by Crippen LogP contribution is -2.29. The summed E-state index contributed by atoms with van der Waals surface area (Å²) in [5.41, 5.74) is 11.5. The van der Waals surface area contributed by atoms with Gasteiger partial charge >= 0.3 is 0 Å². The van der Waals surface area contributed by atoms with Gasteiger partial charge in [-0.1, -0.05) is 43.3 Å². The number of hydrogen-bond acceptors (Lipinski definition) is 4. The fourth-order valence-corrected chi connectivity index (χ4v) is 2.18. The smallest absolute Gasteiger partial charge is 0.124 e. The molecule has 0 aromatic heterocycles. The molecule has 0 aliphatic rings. The van der Waals surface area contributed by atoms with Gasteiger partial charge in [0.1, 0.15) is 5.75 Å². The first-order chi connectivity index (χ1) is 9.77. The molecule has 20 heavy (non-hydrogen) atoms. The van der Waals surface area contributed by atoms with Crippen LogP contribution in [0.25, 0.3) is 0 Å². The number of hydrazine groups is 1. The topological polar surface area (TPSA) is 73.3 Å². The number of para-hydroxylation sites is 2. The van der Waals surface area contributed by atoms with Crippen LogP contribution in [0.15, 0.2) is 48.5 Å². The number of rotatable bonds is 6.